The maximum Gasteiger partial charge on any atom is 0.117 e. The van der Waals surface area contributed by atoms with Gasteiger partial charge in [0.1, 0.15) is 6.67 Å². The highest BCUT2D eigenvalue weighted by atomic mass is 19.1. The van der Waals surface area contributed by atoms with Crippen molar-refractivity contribution < 1.29 is 9.50 Å². The molecule has 2 N–H and O–H groups in total. The normalized spacial score (nSPS) is 21.8. The van der Waals surface area contributed by atoms with Gasteiger partial charge in [0.15, 0.2) is 0 Å². The summed E-state index contributed by atoms with van der Waals surface area (Å²) in [5.74, 6) is 0. The molecule has 0 aromatic carbocycles. The average molecular weight is 162 g/mol. The molecule has 1 rings (SSSR count). The highest BCUT2D eigenvalue weighted by molar-refractivity contribution is 4.83. The van der Waals surface area contributed by atoms with Gasteiger partial charge in [-0.15, -0.1) is 0 Å². The Morgan fingerprint density at radius 2 is 2.36 bits per heavy atom. The lowest BCUT2D eigenvalue weighted by atomic mass is 10.1. The number of nitrogens with one attached hydrogen (secondary N) is 1. The third-order valence-corrected chi connectivity index (χ3v) is 2.06. The summed E-state index contributed by atoms with van der Waals surface area (Å²) in [6, 6.07) is 0.483. The van der Waals surface area contributed by atoms with Gasteiger partial charge in [-0.25, -0.2) is 4.39 Å². The van der Waals surface area contributed by atoms with Crippen LogP contribution in [0.15, 0.2) is 0 Å². The Hall–Kier alpha value is -0.190. The fourth-order valence-corrected chi connectivity index (χ4v) is 1.12. The van der Waals surface area contributed by atoms with Crippen LogP contribution >= 0.6 is 0 Å². The van der Waals surface area contributed by atoms with E-state index in [9.17, 15) is 4.39 Å². The van der Waals surface area contributed by atoms with E-state index in [-0.39, 0.29) is 0 Å². The lowest BCUT2D eigenvalue weighted by molar-refractivity contribution is 0.0700. The van der Waals surface area contributed by atoms with E-state index in [0.29, 0.717) is 12.6 Å². The number of rotatable bonds is 4. The van der Waals surface area contributed by atoms with Gasteiger partial charge in [-0.1, -0.05) is 0 Å². The van der Waals surface area contributed by atoms with Crippen molar-refractivity contribution in [3.63, 3.8) is 0 Å². The van der Waals surface area contributed by atoms with Crippen molar-refractivity contribution in [2.75, 3.05) is 33.4 Å². The molecule has 0 amide bonds. The van der Waals surface area contributed by atoms with E-state index in [1.54, 1.807) is 0 Å². The van der Waals surface area contributed by atoms with E-state index in [4.69, 9.17) is 5.11 Å². The van der Waals surface area contributed by atoms with Crippen molar-refractivity contribution in [3.05, 3.63) is 0 Å². The van der Waals surface area contributed by atoms with Crippen LogP contribution in [0.5, 0.6) is 0 Å². The molecule has 1 atom stereocenters. The second-order valence-electron chi connectivity index (χ2n) is 3.06. The van der Waals surface area contributed by atoms with Gasteiger partial charge in [0.05, 0.1) is 6.10 Å². The third-order valence-electron chi connectivity index (χ3n) is 2.06. The Bertz CT molecular complexity index is 119. The average Bonchev–Trinajstić information content (AvgIpc) is 1.83. The number of alkyl halides is 1. The van der Waals surface area contributed by atoms with Crippen molar-refractivity contribution in [3.8, 4) is 0 Å². The number of aliphatic hydroxyl groups is 1. The Kier molecular flexibility index (Phi) is 3.23. The maximum atomic E-state index is 11.8. The van der Waals surface area contributed by atoms with Gasteiger partial charge in [-0.3, -0.25) is 4.90 Å². The summed E-state index contributed by atoms with van der Waals surface area (Å²) < 4.78 is 11.8. The standard InChI is InChI=1S/C7H15FN2O/c1-10(5-7(11)2-8)6-3-9-4-6/h6-7,9,11H,2-5H2,1H3. The van der Waals surface area contributed by atoms with Crippen LogP contribution in [-0.2, 0) is 0 Å². The van der Waals surface area contributed by atoms with Gasteiger partial charge in [0.25, 0.3) is 0 Å². The number of likely N-dealkylation sites (N-methyl/N-ethyl adjacent to an activating group) is 1. The highest BCUT2D eigenvalue weighted by Gasteiger charge is 2.22. The molecule has 0 radical (unpaired) electrons. The molecule has 0 aromatic heterocycles. The molecule has 1 aliphatic rings. The van der Waals surface area contributed by atoms with Crippen LogP contribution in [0, 0.1) is 0 Å². The zero-order valence-corrected chi connectivity index (χ0v) is 6.76. The van der Waals surface area contributed by atoms with Crippen LogP contribution in [0.3, 0.4) is 0 Å². The second-order valence-corrected chi connectivity index (χ2v) is 3.06. The molecule has 1 aliphatic heterocycles. The molecule has 1 fully saturated rings. The van der Waals surface area contributed by atoms with Gasteiger partial charge in [-0.05, 0) is 7.05 Å². The number of aliphatic hydroxyl groups excluding tert-OH is 1. The van der Waals surface area contributed by atoms with Crippen LogP contribution in [0.2, 0.25) is 0 Å². The van der Waals surface area contributed by atoms with Crippen LogP contribution in [-0.4, -0.2) is 55.5 Å². The molecule has 0 aromatic rings. The quantitative estimate of drug-likeness (QED) is 0.569. The zero-order chi connectivity index (χ0) is 8.27. The first-order valence-corrected chi connectivity index (χ1v) is 3.89. The second kappa shape index (κ2) is 3.99. The minimum Gasteiger partial charge on any atom is -0.389 e. The predicted molar refractivity (Wildman–Crippen MR) is 41.3 cm³/mol. The molecular formula is C7H15FN2O. The summed E-state index contributed by atoms with van der Waals surface area (Å²) in [6.45, 7) is 1.69. The SMILES string of the molecule is CN(CC(O)CF)C1CNC1. The van der Waals surface area contributed by atoms with Crippen molar-refractivity contribution in [1.82, 2.24) is 10.2 Å². The molecule has 3 nitrogen and oxygen atoms in total. The van der Waals surface area contributed by atoms with Gasteiger partial charge >= 0.3 is 0 Å². The van der Waals surface area contributed by atoms with Gasteiger partial charge in [-0.2, -0.15) is 0 Å². The minimum atomic E-state index is -0.819. The first kappa shape index (κ1) is 8.90. The van der Waals surface area contributed by atoms with Crippen molar-refractivity contribution in [2.45, 2.75) is 12.1 Å². The minimum absolute atomic E-state index is 0.433. The van der Waals surface area contributed by atoms with E-state index in [0.717, 1.165) is 13.1 Å². The molecule has 11 heavy (non-hydrogen) atoms. The lowest BCUT2D eigenvalue weighted by Gasteiger charge is -2.36. The first-order valence-electron chi connectivity index (χ1n) is 3.89. The van der Waals surface area contributed by atoms with Crippen LogP contribution in [0.1, 0.15) is 0 Å². The number of nitrogens with zero attached hydrogens (tertiary/aromatic N) is 1. The molecule has 1 unspecified atom stereocenters. The van der Waals surface area contributed by atoms with E-state index >= 15 is 0 Å². The van der Waals surface area contributed by atoms with Gasteiger partial charge < -0.3 is 10.4 Å². The summed E-state index contributed by atoms with van der Waals surface area (Å²) in [6.07, 6.45) is -0.819. The van der Waals surface area contributed by atoms with Crippen molar-refractivity contribution >= 4 is 0 Å². The van der Waals surface area contributed by atoms with E-state index in [1.165, 1.54) is 0 Å². The summed E-state index contributed by atoms with van der Waals surface area (Å²) >= 11 is 0. The van der Waals surface area contributed by atoms with Crippen LogP contribution in [0.4, 0.5) is 4.39 Å². The third kappa shape index (κ3) is 2.39. The summed E-state index contributed by atoms with van der Waals surface area (Å²) in [7, 11) is 1.91. The van der Waals surface area contributed by atoms with E-state index in [1.807, 2.05) is 11.9 Å². The first-order chi connectivity index (χ1) is 5.24. The predicted octanol–water partition coefficient (Wildman–Crippen LogP) is -0.780. The topological polar surface area (TPSA) is 35.5 Å². The number of hydrogen-bond donors (Lipinski definition) is 2. The summed E-state index contributed by atoms with van der Waals surface area (Å²) in [4.78, 5) is 1.99. The lowest BCUT2D eigenvalue weighted by Crippen LogP contribution is -2.57. The largest absolute Gasteiger partial charge is 0.389 e. The van der Waals surface area contributed by atoms with Crippen molar-refractivity contribution in [2.24, 2.45) is 0 Å². The monoisotopic (exact) mass is 162 g/mol. The smallest absolute Gasteiger partial charge is 0.117 e. The van der Waals surface area contributed by atoms with Crippen molar-refractivity contribution in [1.29, 1.82) is 0 Å². The molecule has 66 valence electrons. The zero-order valence-electron chi connectivity index (χ0n) is 6.76. The molecule has 0 spiro atoms. The molecule has 4 heteroatoms. The molecule has 0 aliphatic carbocycles. The Morgan fingerprint density at radius 1 is 1.73 bits per heavy atom. The Balaban J connectivity index is 2.13. The Morgan fingerprint density at radius 3 is 2.73 bits per heavy atom. The van der Waals surface area contributed by atoms with Crippen LogP contribution in [0.25, 0.3) is 0 Å². The highest BCUT2D eigenvalue weighted by Crippen LogP contribution is 2.02. The van der Waals surface area contributed by atoms with E-state index in [2.05, 4.69) is 5.32 Å². The van der Waals surface area contributed by atoms with Gasteiger partial charge in [0.2, 0.25) is 0 Å². The summed E-state index contributed by atoms with van der Waals surface area (Å²) in [5.41, 5.74) is 0. The molecule has 1 heterocycles. The molecule has 0 saturated carbocycles. The molecule has 1 saturated heterocycles. The number of halogens is 1. The van der Waals surface area contributed by atoms with Gasteiger partial charge in [0, 0.05) is 25.7 Å². The summed E-state index contributed by atoms with van der Waals surface area (Å²) in [5, 5.41) is 12.1. The fourth-order valence-electron chi connectivity index (χ4n) is 1.12. The molecule has 0 bridgehead atoms. The maximum absolute atomic E-state index is 11.8. The van der Waals surface area contributed by atoms with Crippen LogP contribution < -0.4 is 5.32 Å². The van der Waals surface area contributed by atoms with E-state index < -0.39 is 12.8 Å². The molecular weight excluding hydrogens is 147 g/mol. The fraction of sp³-hybridized carbons (Fsp3) is 1.00. The number of hydrogen-bond acceptors (Lipinski definition) is 3. The Labute approximate surface area is 66.2 Å².